The van der Waals surface area contributed by atoms with Crippen LogP contribution in [0.2, 0.25) is 5.02 Å². The first-order chi connectivity index (χ1) is 18.1. The predicted octanol–water partition coefficient (Wildman–Crippen LogP) is 6.09. The zero-order valence-electron chi connectivity index (χ0n) is 21.1. The van der Waals surface area contributed by atoms with Gasteiger partial charge in [-0.05, 0) is 82.2 Å². The smallest absolute Gasteiger partial charge is 0.213 e. The van der Waals surface area contributed by atoms with Crippen LogP contribution in [0.5, 0.6) is 11.6 Å². The number of fused-ring (bicyclic) bond motifs is 2. The molecule has 2 aliphatic rings. The second-order valence-corrected chi connectivity index (χ2v) is 10.5. The van der Waals surface area contributed by atoms with Crippen molar-refractivity contribution in [2.75, 3.05) is 38.6 Å². The predicted molar refractivity (Wildman–Crippen MR) is 149 cm³/mol. The molecule has 4 heterocycles. The molecule has 0 aliphatic carbocycles. The number of pyridine rings is 2. The molecule has 0 saturated carbocycles. The third-order valence-electron chi connectivity index (χ3n) is 7.56. The molecule has 6 rings (SSSR count). The molecule has 4 aromatic rings. The van der Waals surface area contributed by atoms with Gasteiger partial charge < -0.3 is 15.2 Å². The quantitative estimate of drug-likeness (QED) is 0.287. The summed E-state index contributed by atoms with van der Waals surface area (Å²) in [6, 6.07) is 13.6. The third kappa shape index (κ3) is 4.91. The van der Waals surface area contributed by atoms with Gasteiger partial charge >= 0.3 is 0 Å². The van der Waals surface area contributed by atoms with Crippen molar-refractivity contribution >= 4 is 44.9 Å². The highest BCUT2D eigenvalue weighted by Gasteiger charge is 2.22. The Morgan fingerprint density at radius 2 is 1.62 bits per heavy atom. The Hall–Kier alpha value is -3.13. The first kappa shape index (κ1) is 24.2. The van der Waals surface area contributed by atoms with Crippen LogP contribution < -0.4 is 10.1 Å². The van der Waals surface area contributed by atoms with E-state index in [2.05, 4.69) is 27.2 Å². The zero-order chi connectivity index (χ0) is 25.4. The molecular formula is C29H32ClN5O2. The summed E-state index contributed by atoms with van der Waals surface area (Å²) in [5.74, 6) is 0.909. The van der Waals surface area contributed by atoms with E-state index in [9.17, 15) is 5.11 Å². The normalized spacial score (nSPS) is 16.7. The van der Waals surface area contributed by atoms with Crippen LogP contribution in [0, 0.1) is 0 Å². The number of methoxy groups -OCH3 is 1. The number of nitrogens with one attached hydrogen (secondary N) is 1. The van der Waals surface area contributed by atoms with Crippen molar-refractivity contribution in [1.29, 1.82) is 0 Å². The lowest BCUT2D eigenvalue weighted by Crippen LogP contribution is -2.21. The Morgan fingerprint density at radius 1 is 0.892 bits per heavy atom. The van der Waals surface area contributed by atoms with Gasteiger partial charge in [-0.3, -0.25) is 9.80 Å². The largest absolute Gasteiger partial charge is 0.507 e. The van der Waals surface area contributed by atoms with Gasteiger partial charge in [0.05, 0.1) is 23.8 Å². The van der Waals surface area contributed by atoms with Crippen LogP contribution in [0.25, 0.3) is 21.9 Å². The number of hydrogen-bond donors (Lipinski definition) is 2. The minimum Gasteiger partial charge on any atom is -0.507 e. The summed E-state index contributed by atoms with van der Waals surface area (Å²) in [4.78, 5) is 14.4. The van der Waals surface area contributed by atoms with E-state index in [1.807, 2.05) is 30.3 Å². The number of anilines is 2. The highest BCUT2D eigenvalue weighted by molar-refractivity contribution is 6.31. The Labute approximate surface area is 222 Å². The molecule has 0 spiro atoms. The van der Waals surface area contributed by atoms with Crippen LogP contribution in [-0.4, -0.2) is 58.2 Å². The lowest BCUT2D eigenvalue weighted by Gasteiger charge is -2.23. The average Bonchev–Trinajstić information content (AvgIpc) is 3.61. The van der Waals surface area contributed by atoms with Crippen molar-refractivity contribution in [3.05, 3.63) is 58.6 Å². The van der Waals surface area contributed by atoms with E-state index in [0.29, 0.717) is 28.7 Å². The molecule has 7 nitrogen and oxygen atoms in total. The van der Waals surface area contributed by atoms with E-state index in [4.69, 9.17) is 26.3 Å². The molecule has 2 aromatic carbocycles. The van der Waals surface area contributed by atoms with E-state index >= 15 is 0 Å². The molecule has 0 bridgehead atoms. The van der Waals surface area contributed by atoms with Crippen LogP contribution in [0.15, 0.2) is 42.5 Å². The monoisotopic (exact) mass is 517 g/mol. The van der Waals surface area contributed by atoms with Crippen molar-refractivity contribution in [1.82, 2.24) is 19.8 Å². The van der Waals surface area contributed by atoms with E-state index in [1.54, 1.807) is 7.11 Å². The van der Waals surface area contributed by atoms with Crippen molar-refractivity contribution in [3.8, 4) is 11.6 Å². The molecule has 2 aliphatic heterocycles. The number of likely N-dealkylation sites (tertiary alicyclic amines) is 2. The fourth-order valence-electron chi connectivity index (χ4n) is 5.58. The molecule has 0 atom stereocenters. The summed E-state index contributed by atoms with van der Waals surface area (Å²) in [5, 5.41) is 16.8. The summed E-state index contributed by atoms with van der Waals surface area (Å²) in [5.41, 5.74) is 5.85. The Kier molecular flexibility index (Phi) is 6.76. The number of nitrogens with zero attached hydrogens (tertiary/aromatic N) is 4. The van der Waals surface area contributed by atoms with E-state index < -0.39 is 0 Å². The van der Waals surface area contributed by atoms with Crippen LogP contribution in [-0.2, 0) is 13.1 Å². The molecule has 0 amide bonds. The lowest BCUT2D eigenvalue weighted by molar-refractivity contribution is 0.313. The minimum absolute atomic E-state index is 0.389. The molecule has 37 heavy (non-hydrogen) atoms. The number of rotatable bonds is 7. The summed E-state index contributed by atoms with van der Waals surface area (Å²) >= 11 is 6.32. The van der Waals surface area contributed by atoms with Crippen LogP contribution >= 0.6 is 11.6 Å². The highest BCUT2D eigenvalue weighted by atomic mass is 35.5. The number of phenolic OH excluding ortho intramolecular Hbond substituents is 1. The molecule has 2 aromatic heterocycles. The zero-order valence-corrected chi connectivity index (χ0v) is 21.9. The van der Waals surface area contributed by atoms with Crippen molar-refractivity contribution < 1.29 is 9.84 Å². The summed E-state index contributed by atoms with van der Waals surface area (Å²) in [6.45, 7) is 5.75. The summed E-state index contributed by atoms with van der Waals surface area (Å²) < 4.78 is 5.43. The van der Waals surface area contributed by atoms with Gasteiger partial charge in [0.25, 0.3) is 0 Å². The second kappa shape index (κ2) is 10.3. The lowest BCUT2D eigenvalue weighted by atomic mass is 10.0. The summed E-state index contributed by atoms with van der Waals surface area (Å²) in [6.07, 6.45) is 4.84. The second-order valence-electron chi connectivity index (χ2n) is 10.1. The van der Waals surface area contributed by atoms with Gasteiger partial charge in [-0.2, -0.15) is 0 Å². The Morgan fingerprint density at radius 3 is 2.35 bits per heavy atom. The first-order valence-electron chi connectivity index (χ1n) is 13.1. The molecule has 192 valence electrons. The highest BCUT2D eigenvalue weighted by Crippen LogP contribution is 2.39. The number of halogens is 1. The van der Waals surface area contributed by atoms with Crippen molar-refractivity contribution in [2.24, 2.45) is 0 Å². The number of aromatic nitrogens is 2. The Bertz CT molecular complexity index is 1450. The van der Waals surface area contributed by atoms with E-state index in [-0.39, 0.29) is 0 Å². The van der Waals surface area contributed by atoms with Crippen LogP contribution in [0.4, 0.5) is 11.4 Å². The fraction of sp³-hybridized carbons (Fsp3) is 0.379. The standard InChI is InChI=1S/C29H32ClN5O2/c1-37-26-11-10-24-28(33-26)27(21-8-7-20(30)16-25(21)31-24)32-23-9-6-19(17-34-12-2-3-13-34)29(36)22(23)18-35-14-4-5-15-35/h6-11,16,36H,2-5,12-15,17-18H2,1H3,(H,31,32). The van der Waals surface area contributed by atoms with Gasteiger partial charge in [-0.25, -0.2) is 9.97 Å². The molecule has 0 unspecified atom stereocenters. The van der Waals surface area contributed by atoms with E-state index in [1.165, 1.54) is 25.7 Å². The number of benzene rings is 2. The van der Waals surface area contributed by atoms with Gasteiger partial charge in [-0.15, -0.1) is 0 Å². The fourth-order valence-corrected chi connectivity index (χ4v) is 5.75. The van der Waals surface area contributed by atoms with Crippen LogP contribution in [0.1, 0.15) is 36.8 Å². The molecule has 8 heteroatoms. The Balaban J connectivity index is 1.48. The van der Waals surface area contributed by atoms with Gasteiger partial charge in [0, 0.05) is 46.4 Å². The van der Waals surface area contributed by atoms with E-state index in [0.717, 1.165) is 71.6 Å². The molecule has 2 saturated heterocycles. The number of ether oxygens (including phenoxy) is 1. The molecule has 2 fully saturated rings. The maximum Gasteiger partial charge on any atom is 0.213 e. The molecule has 0 radical (unpaired) electrons. The average molecular weight is 518 g/mol. The molecule has 2 N–H and O–H groups in total. The van der Waals surface area contributed by atoms with Gasteiger partial charge in [-0.1, -0.05) is 17.7 Å². The number of aromatic hydroxyl groups is 1. The van der Waals surface area contributed by atoms with Gasteiger partial charge in [0.2, 0.25) is 5.88 Å². The topological polar surface area (TPSA) is 73.8 Å². The van der Waals surface area contributed by atoms with Gasteiger partial charge in [0.15, 0.2) is 0 Å². The maximum absolute atomic E-state index is 11.6. The minimum atomic E-state index is 0.389. The number of phenols is 1. The summed E-state index contributed by atoms with van der Waals surface area (Å²) in [7, 11) is 1.61. The third-order valence-corrected chi connectivity index (χ3v) is 7.80. The van der Waals surface area contributed by atoms with Gasteiger partial charge in [0.1, 0.15) is 11.3 Å². The number of hydrogen-bond acceptors (Lipinski definition) is 7. The van der Waals surface area contributed by atoms with Crippen molar-refractivity contribution in [2.45, 2.75) is 38.8 Å². The van der Waals surface area contributed by atoms with Crippen molar-refractivity contribution in [3.63, 3.8) is 0 Å². The first-order valence-corrected chi connectivity index (χ1v) is 13.5. The molecular weight excluding hydrogens is 486 g/mol. The SMILES string of the molecule is COc1ccc2nc3cc(Cl)ccc3c(Nc3ccc(CN4CCCC4)c(O)c3CN3CCCC3)c2n1. The van der Waals surface area contributed by atoms with Crippen LogP contribution in [0.3, 0.4) is 0 Å². The maximum atomic E-state index is 11.6.